The Bertz CT molecular complexity index is 537. The van der Waals surface area contributed by atoms with Gasteiger partial charge in [-0.3, -0.25) is 4.79 Å². The molecule has 0 radical (unpaired) electrons. The van der Waals surface area contributed by atoms with Crippen LogP contribution in [0.5, 0.6) is 0 Å². The quantitative estimate of drug-likeness (QED) is 0.843. The van der Waals surface area contributed by atoms with Gasteiger partial charge in [0.05, 0.1) is 24.9 Å². The maximum Gasteiger partial charge on any atom is 0.254 e. The van der Waals surface area contributed by atoms with Crippen molar-refractivity contribution >= 4 is 5.91 Å². The number of benzene rings is 1. The molecule has 1 amide bonds. The second kappa shape index (κ2) is 6.39. The van der Waals surface area contributed by atoms with Crippen LogP contribution in [0.1, 0.15) is 40.7 Å². The van der Waals surface area contributed by atoms with Gasteiger partial charge >= 0.3 is 0 Å². The smallest absolute Gasteiger partial charge is 0.254 e. The number of aryl methyl sites for hydroxylation is 2. The van der Waals surface area contributed by atoms with Gasteiger partial charge in [-0.25, -0.2) is 0 Å². The number of carbonyl (C=O) groups excluding carboxylic acids is 1. The number of morpholine rings is 1. The number of amides is 1. The number of rotatable bonds is 2. The van der Waals surface area contributed by atoms with Crippen LogP contribution in [0.2, 0.25) is 0 Å². The Labute approximate surface area is 132 Å². The topological polar surface area (TPSA) is 38.8 Å². The van der Waals surface area contributed by atoms with Gasteiger partial charge < -0.3 is 14.4 Å². The molecule has 3 rings (SSSR count). The first kappa shape index (κ1) is 15.5. The van der Waals surface area contributed by atoms with Gasteiger partial charge in [-0.05, 0) is 44.2 Å². The lowest BCUT2D eigenvalue weighted by Gasteiger charge is -2.45. The molecule has 1 aromatic rings. The summed E-state index contributed by atoms with van der Waals surface area (Å²) < 4.78 is 11.4. The van der Waals surface area contributed by atoms with Crippen LogP contribution in [0.4, 0.5) is 0 Å². The van der Waals surface area contributed by atoms with Crippen molar-refractivity contribution in [1.29, 1.82) is 0 Å². The lowest BCUT2D eigenvalue weighted by Crippen LogP contribution is -2.57. The fourth-order valence-corrected chi connectivity index (χ4v) is 3.83. The van der Waals surface area contributed by atoms with Crippen molar-refractivity contribution in [1.82, 2.24) is 4.90 Å². The first-order valence-corrected chi connectivity index (χ1v) is 8.13. The van der Waals surface area contributed by atoms with E-state index < -0.39 is 0 Å². The molecule has 3 atom stereocenters. The lowest BCUT2D eigenvalue weighted by molar-refractivity contribution is -0.101. The largest absolute Gasteiger partial charge is 0.381 e. The molecule has 1 aliphatic carbocycles. The number of hydrogen-bond acceptors (Lipinski definition) is 3. The first-order valence-electron chi connectivity index (χ1n) is 8.13. The van der Waals surface area contributed by atoms with Crippen molar-refractivity contribution in [2.75, 3.05) is 20.3 Å². The van der Waals surface area contributed by atoms with E-state index in [1.807, 2.05) is 36.9 Å². The van der Waals surface area contributed by atoms with E-state index in [0.717, 1.165) is 36.0 Å². The molecule has 1 saturated heterocycles. The van der Waals surface area contributed by atoms with Gasteiger partial charge in [0, 0.05) is 19.2 Å². The highest BCUT2D eigenvalue weighted by Crippen LogP contribution is 2.31. The number of ether oxygens (including phenoxy) is 2. The summed E-state index contributed by atoms with van der Waals surface area (Å²) in [6.07, 6.45) is 3.25. The van der Waals surface area contributed by atoms with Gasteiger partial charge in [-0.1, -0.05) is 18.2 Å². The first-order chi connectivity index (χ1) is 10.6. The normalized spacial score (nSPS) is 28.3. The minimum Gasteiger partial charge on any atom is -0.381 e. The molecule has 0 bridgehead atoms. The van der Waals surface area contributed by atoms with Crippen LogP contribution in [0.3, 0.4) is 0 Å². The summed E-state index contributed by atoms with van der Waals surface area (Å²) in [6, 6.07) is 6.16. The van der Waals surface area contributed by atoms with Crippen LogP contribution >= 0.6 is 0 Å². The van der Waals surface area contributed by atoms with Gasteiger partial charge in [0.2, 0.25) is 0 Å². The third-order valence-electron chi connectivity index (χ3n) is 5.06. The molecule has 0 aromatic heterocycles. The summed E-state index contributed by atoms with van der Waals surface area (Å²) in [6.45, 7) is 5.33. The number of carbonyl (C=O) groups is 1. The van der Waals surface area contributed by atoms with Gasteiger partial charge in [0.15, 0.2) is 0 Å². The molecule has 2 aliphatic rings. The zero-order valence-corrected chi connectivity index (χ0v) is 13.7. The molecule has 4 nitrogen and oxygen atoms in total. The third-order valence-corrected chi connectivity index (χ3v) is 5.06. The molecule has 4 heteroatoms. The van der Waals surface area contributed by atoms with Crippen LogP contribution in [0.25, 0.3) is 0 Å². The van der Waals surface area contributed by atoms with E-state index in [-0.39, 0.29) is 24.2 Å². The number of hydrogen-bond donors (Lipinski definition) is 0. The van der Waals surface area contributed by atoms with E-state index >= 15 is 0 Å². The maximum absolute atomic E-state index is 13.1. The Morgan fingerprint density at radius 2 is 2.00 bits per heavy atom. The van der Waals surface area contributed by atoms with Gasteiger partial charge in [0.1, 0.15) is 0 Å². The van der Waals surface area contributed by atoms with Crippen molar-refractivity contribution in [2.45, 2.75) is 51.4 Å². The Hall–Kier alpha value is -1.39. The zero-order valence-electron chi connectivity index (χ0n) is 13.7. The molecular formula is C18H25NO3. The molecule has 0 N–H and O–H groups in total. The van der Waals surface area contributed by atoms with Crippen LogP contribution < -0.4 is 0 Å². The van der Waals surface area contributed by atoms with Crippen molar-refractivity contribution in [2.24, 2.45) is 0 Å². The SMILES string of the molecule is CO[C@@H]1CC[C@H]2OCCN(C(=O)c3c(C)cccc3C)[C@H]2C1. The highest BCUT2D eigenvalue weighted by atomic mass is 16.5. The predicted octanol–water partition coefficient (Wildman–Crippen LogP) is 2.71. The minimum absolute atomic E-state index is 0.138. The Morgan fingerprint density at radius 3 is 2.68 bits per heavy atom. The van der Waals surface area contributed by atoms with Crippen molar-refractivity contribution < 1.29 is 14.3 Å². The summed E-state index contributed by atoms with van der Waals surface area (Å²) in [5.74, 6) is 0.144. The molecule has 0 spiro atoms. The Balaban J connectivity index is 1.87. The average molecular weight is 303 g/mol. The monoisotopic (exact) mass is 303 g/mol. The van der Waals surface area contributed by atoms with Crippen LogP contribution in [0, 0.1) is 13.8 Å². The van der Waals surface area contributed by atoms with E-state index in [2.05, 4.69) is 0 Å². The fourth-order valence-electron chi connectivity index (χ4n) is 3.83. The molecule has 0 unspecified atom stereocenters. The van der Waals surface area contributed by atoms with Gasteiger partial charge in [-0.15, -0.1) is 0 Å². The van der Waals surface area contributed by atoms with Gasteiger partial charge in [-0.2, -0.15) is 0 Å². The molecule has 120 valence electrons. The second-order valence-corrected chi connectivity index (χ2v) is 6.41. The summed E-state index contributed by atoms with van der Waals surface area (Å²) in [5, 5.41) is 0. The van der Waals surface area contributed by atoms with E-state index in [1.165, 1.54) is 0 Å². The summed E-state index contributed by atoms with van der Waals surface area (Å²) in [5.41, 5.74) is 2.95. The number of fused-ring (bicyclic) bond motifs is 1. The van der Waals surface area contributed by atoms with E-state index in [1.54, 1.807) is 7.11 Å². The summed E-state index contributed by atoms with van der Waals surface area (Å²) in [7, 11) is 1.76. The lowest BCUT2D eigenvalue weighted by atomic mass is 9.87. The van der Waals surface area contributed by atoms with Crippen LogP contribution in [-0.4, -0.2) is 49.3 Å². The second-order valence-electron chi connectivity index (χ2n) is 6.41. The number of methoxy groups -OCH3 is 1. The highest BCUT2D eigenvalue weighted by molar-refractivity contribution is 5.97. The molecule has 1 aliphatic heterocycles. The average Bonchev–Trinajstić information content (AvgIpc) is 2.53. The highest BCUT2D eigenvalue weighted by Gasteiger charge is 2.40. The predicted molar refractivity (Wildman–Crippen MR) is 85.1 cm³/mol. The van der Waals surface area contributed by atoms with Gasteiger partial charge in [0.25, 0.3) is 5.91 Å². The standard InChI is InChI=1S/C18H25NO3/c1-12-5-4-6-13(2)17(12)18(20)19-9-10-22-16-8-7-14(21-3)11-15(16)19/h4-6,14-16H,7-11H2,1-3H3/t14-,15+,16-/m1/s1. The maximum atomic E-state index is 13.1. The van der Waals surface area contributed by atoms with Crippen molar-refractivity contribution in [3.8, 4) is 0 Å². The molecular weight excluding hydrogens is 278 g/mol. The summed E-state index contributed by atoms with van der Waals surface area (Å²) >= 11 is 0. The van der Waals surface area contributed by atoms with E-state index in [0.29, 0.717) is 13.2 Å². The fraction of sp³-hybridized carbons (Fsp3) is 0.611. The summed E-state index contributed by atoms with van der Waals surface area (Å²) in [4.78, 5) is 15.1. The van der Waals surface area contributed by atoms with E-state index in [9.17, 15) is 4.79 Å². The Kier molecular flexibility index (Phi) is 4.50. The van der Waals surface area contributed by atoms with Crippen molar-refractivity contribution in [3.05, 3.63) is 34.9 Å². The van der Waals surface area contributed by atoms with E-state index in [4.69, 9.17) is 9.47 Å². The van der Waals surface area contributed by atoms with Crippen LogP contribution in [-0.2, 0) is 9.47 Å². The molecule has 22 heavy (non-hydrogen) atoms. The molecule has 2 fully saturated rings. The van der Waals surface area contributed by atoms with Crippen LogP contribution in [0.15, 0.2) is 18.2 Å². The number of nitrogens with zero attached hydrogens (tertiary/aromatic N) is 1. The molecule has 1 saturated carbocycles. The molecule has 1 heterocycles. The minimum atomic E-state index is 0.138. The Morgan fingerprint density at radius 1 is 1.27 bits per heavy atom. The van der Waals surface area contributed by atoms with Crippen molar-refractivity contribution in [3.63, 3.8) is 0 Å². The third kappa shape index (κ3) is 2.77. The zero-order chi connectivity index (χ0) is 15.7. The molecule has 1 aromatic carbocycles.